The summed E-state index contributed by atoms with van der Waals surface area (Å²) in [4.78, 5) is 14.8. The molecule has 0 bridgehead atoms. The van der Waals surface area contributed by atoms with Gasteiger partial charge in [0, 0.05) is 17.5 Å². The molecule has 1 amide bonds. The standard InChI is InChI=1S/C21H29NO3S/c1-16(2)18-8-10-19(11-9-18)22(20-12-13-26(24,25)15-20)21(23)14-17-6-4-3-5-7-17/h8-13,16-17,20H,3-7,14-15H2,1-2H3/t20-/m1/s1. The number of carbonyl (C=O) groups is 1. The smallest absolute Gasteiger partial charge is 0.227 e. The van der Waals surface area contributed by atoms with Crippen LogP contribution in [0.2, 0.25) is 0 Å². The van der Waals surface area contributed by atoms with Crippen molar-refractivity contribution < 1.29 is 13.2 Å². The first-order chi connectivity index (χ1) is 12.4. The molecule has 2 aliphatic rings. The molecule has 1 aliphatic carbocycles. The van der Waals surface area contributed by atoms with Gasteiger partial charge in [0.15, 0.2) is 9.84 Å². The normalized spacial score (nSPS) is 22.7. The maximum Gasteiger partial charge on any atom is 0.227 e. The molecule has 0 spiro atoms. The average Bonchev–Trinajstić information content (AvgIpc) is 2.96. The minimum atomic E-state index is -3.21. The Balaban J connectivity index is 1.83. The summed E-state index contributed by atoms with van der Waals surface area (Å²) in [5.74, 6) is 0.869. The lowest BCUT2D eigenvalue weighted by Gasteiger charge is -2.30. The Morgan fingerprint density at radius 3 is 2.31 bits per heavy atom. The predicted molar refractivity (Wildman–Crippen MR) is 106 cm³/mol. The highest BCUT2D eigenvalue weighted by atomic mass is 32.2. The second-order valence-electron chi connectivity index (χ2n) is 7.94. The molecule has 142 valence electrons. The van der Waals surface area contributed by atoms with Crippen molar-refractivity contribution in [2.75, 3.05) is 10.7 Å². The van der Waals surface area contributed by atoms with Crippen molar-refractivity contribution >= 4 is 21.4 Å². The van der Waals surface area contributed by atoms with Crippen molar-refractivity contribution in [2.45, 2.75) is 64.3 Å². The van der Waals surface area contributed by atoms with Gasteiger partial charge < -0.3 is 4.90 Å². The van der Waals surface area contributed by atoms with Crippen LogP contribution in [-0.2, 0) is 14.6 Å². The van der Waals surface area contributed by atoms with Crippen molar-refractivity contribution in [3.8, 4) is 0 Å². The first-order valence-corrected chi connectivity index (χ1v) is 11.4. The third kappa shape index (κ3) is 4.56. The number of nitrogens with zero attached hydrogens (tertiary/aromatic N) is 1. The zero-order chi connectivity index (χ0) is 18.7. The van der Waals surface area contributed by atoms with E-state index in [2.05, 4.69) is 13.8 Å². The van der Waals surface area contributed by atoms with E-state index in [1.807, 2.05) is 24.3 Å². The Hall–Kier alpha value is -1.62. The summed E-state index contributed by atoms with van der Waals surface area (Å²) < 4.78 is 23.8. The van der Waals surface area contributed by atoms with E-state index in [0.29, 0.717) is 18.3 Å². The van der Waals surface area contributed by atoms with Crippen LogP contribution >= 0.6 is 0 Å². The largest absolute Gasteiger partial charge is 0.304 e. The summed E-state index contributed by atoms with van der Waals surface area (Å²) in [6, 6.07) is 7.57. The molecule has 1 saturated carbocycles. The minimum absolute atomic E-state index is 0.0185. The molecule has 1 fully saturated rings. The van der Waals surface area contributed by atoms with E-state index >= 15 is 0 Å². The van der Waals surface area contributed by atoms with Crippen molar-refractivity contribution in [3.05, 3.63) is 41.3 Å². The lowest BCUT2D eigenvalue weighted by Crippen LogP contribution is -2.42. The molecule has 3 rings (SSSR count). The van der Waals surface area contributed by atoms with Gasteiger partial charge in [0.2, 0.25) is 5.91 Å². The van der Waals surface area contributed by atoms with Gasteiger partial charge in [0.25, 0.3) is 0 Å². The van der Waals surface area contributed by atoms with Crippen LogP contribution in [0.4, 0.5) is 5.69 Å². The summed E-state index contributed by atoms with van der Waals surface area (Å²) in [5, 5.41) is 1.25. The van der Waals surface area contributed by atoms with E-state index in [9.17, 15) is 13.2 Å². The van der Waals surface area contributed by atoms with Crippen LogP contribution in [0, 0.1) is 5.92 Å². The highest BCUT2D eigenvalue weighted by Gasteiger charge is 2.32. The van der Waals surface area contributed by atoms with Gasteiger partial charge in [0.1, 0.15) is 0 Å². The summed E-state index contributed by atoms with van der Waals surface area (Å²) in [6.07, 6.45) is 8.02. The third-order valence-corrected chi connectivity index (χ3v) is 6.92. The van der Waals surface area contributed by atoms with Gasteiger partial charge in [-0.25, -0.2) is 8.42 Å². The second kappa shape index (κ2) is 7.95. The molecule has 1 aliphatic heterocycles. The predicted octanol–water partition coefficient (Wildman–Crippen LogP) is 4.42. The summed E-state index contributed by atoms with van der Waals surface area (Å²) in [7, 11) is -3.21. The molecular formula is C21H29NO3S. The van der Waals surface area contributed by atoms with Crippen molar-refractivity contribution in [3.63, 3.8) is 0 Å². The molecule has 1 aromatic carbocycles. The number of amides is 1. The SMILES string of the molecule is CC(C)c1ccc(N(C(=O)CC2CCCCC2)[C@@H]2C=CS(=O)(=O)C2)cc1. The van der Waals surface area contributed by atoms with Gasteiger partial charge in [-0.05, 0) is 48.4 Å². The summed E-state index contributed by atoms with van der Waals surface area (Å²) >= 11 is 0. The molecule has 0 aromatic heterocycles. The van der Waals surface area contributed by atoms with Gasteiger partial charge in [0.05, 0.1) is 11.8 Å². The Kier molecular flexibility index (Phi) is 5.86. The molecule has 1 heterocycles. The van der Waals surface area contributed by atoms with Crippen molar-refractivity contribution in [2.24, 2.45) is 5.92 Å². The van der Waals surface area contributed by atoms with E-state index in [-0.39, 0.29) is 11.7 Å². The lowest BCUT2D eigenvalue weighted by molar-refractivity contribution is -0.120. The number of hydrogen-bond donors (Lipinski definition) is 0. The van der Waals surface area contributed by atoms with Crippen LogP contribution in [-0.4, -0.2) is 26.1 Å². The number of hydrogen-bond acceptors (Lipinski definition) is 3. The topological polar surface area (TPSA) is 54.5 Å². The van der Waals surface area contributed by atoms with Crippen LogP contribution in [0.5, 0.6) is 0 Å². The second-order valence-corrected chi connectivity index (χ2v) is 9.87. The van der Waals surface area contributed by atoms with E-state index < -0.39 is 15.9 Å². The monoisotopic (exact) mass is 375 g/mol. The van der Waals surface area contributed by atoms with Gasteiger partial charge in [-0.3, -0.25) is 4.79 Å². The molecule has 1 aromatic rings. The van der Waals surface area contributed by atoms with Gasteiger partial charge in [-0.1, -0.05) is 45.2 Å². The fraction of sp³-hybridized carbons (Fsp3) is 0.571. The molecule has 26 heavy (non-hydrogen) atoms. The maximum atomic E-state index is 13.1. The molecule has 0 radical (unpaired) electrons. The molecule has 4 nitrogen and oxygen atoms in total. The van der Waals surface area contributed by atoms with E-state index in [4.69, 9.17) is 0 Å². The minimum Gasteiger partial charge on any atom is -0.304 e. The van der Waals surface area contributed by atoms with Crippen LogP contribution < -0.4 is 4.90 Å². The van der Waals surface area contributed by atoms with E-state index in [0.717, 1.165) is 18.5 Å². The zero-order valence-corrected chi connectivity index (χ0v) is 16.5. The first kappa shape index (κ1) is 19.2. The lowest BCUT2D eigenvalue weighted by atomic mass is 9.86. The molecule has 0 unspecified atom stereocenters. The van der Waals surface area contributed by atoms with E-state index in [1.165, 1.54) is 30.2 Å². The number of anilines is 1. The van der Waals surface area contributed by atoms with Crippen LogP contribution in [0.15, 0.2) is 35.7 Å². The summed E-state index contributed by atoms with van der Waals surface area (Å²) in [5.41, 5.74) is 2.00. The first-order valence-electron chi connectivity index (χ1n) is 9.69. The maximum absolute atomic E-state index is 13.1. The van der Waals surface area contributed by atoms with E-state index in [1.54, 1.807) is 11.0 Å². The van der Waals surface area contributed by atoms with Gasteiger partial charge in [-0.15, -0.1) is 0 Å². The van der Waals surface area contributed by atoms with Crippen LogP contribution in [0.25, 0.3) is 0 Å². The highest BCUT2D eigenvalue weighted by Crippen LogP contribution is 2.30. The molecule has 0 saturated heterocycles. The molecule has 1 atom stereocenters. The number of sulfone groups is 1. The summed E-state index contributed by atoms with van der Waals surface area (Å²) in [6.45, 7) is 4.26. The highest BCUT2D eigenvalue weighted by molar-refractivity contribution is 7.94. The fourth-order valence-corrected chi connectivity index (χ4v) is 5.27. The molecule has 0 N–H and O–H groups in total. The Labute approximate surface area is 157 Å². The van der Waals surface area contributed by atoms with Crippen molar-refractivity contribution in [1.29, 1.82) is 0 Å². The Morgan fingerprint density at radius 1 is 1.12 bits per heavy atom. The average molecular weight is 376 g/mol. The number of carbonyl (C=O) groups excluding carboxylic acids is 1. The number of rotatable bonds is 5. The van der Waals surface area contributed by atoms with Gasteiger partial charge >= 0.3 is 0 Å². The Morgan fingerprint density at radius 2 is 1.77 bits per heavy atom. The third-order valence-electron chi connectivity index (χ3n) is 5.54. The van der Waals surface area contributed by atoms with Crippen LogP contribution in [0.1, 0.15) is 63.9 Å². The Bertz CT molecular complexity index is 759. The van der Waals surface area contributed by atoms with Gasteiger partial charge in [-0.2, -0.15) is 0 Å². The van der Waals surface area contributed by atoms with Crippen LogP contribution in [0.3, 0.4) is 0 Å². The fourth-order valence-electron chi connectivity index (χ4n) is 4.00. The van der Waals surface area contributed by atoms with Crippen molar-refractivity contribution in [1.82, 2.24) is 0 Å². The molecule has 5 heteroatoms. The molecular weight excluding hydrogens is 346 g/mol. The quantitative estimate of drug-likeness (QED) is 0.765. The number of benzene rings is 1. The zero-order valence-electron chi connectivity index (χ0n) is 15.7.